The summed E-state index contributed by atoms with van der Waals surface area (Å²) >= 11 is 3.14. The highest BCUT2D eigenvalue weighted by atomic mass is 79.9. The number of hydrogen-bond acceptors (Lipinski definition) is 4. The maximum absolute atomic E-state index is 11.7. The fourth-order valence-corrected chi connectivity index (χ4v) is 1.65. The smallest absolute Gasteiger partial charge is 0.287 e. The molecule has 18 heavy (non-hydrogen) atoms. The van der Waals surface area contributed by atoms with E-state index in [1.165, 1.54) is 0 Å². The van der Waals surface area contributed by atoms with Gasteiger partial charge in [-0.2, -0.15) is 0 Å². The quantitative estimate of drug-likeness (QED) is 0.941. The maximum atomic E-state index is 11.7. The number of furan rings is 1. The molecule has 0 saturated heterocycles. The third kappa shape index (κ3) is 3.10. The van der Waals surface area contributed by atoms with Crippen molar-refractivity contribution in [3.63, 3.8) is 0 Å². The molecule has 2 rings (SSSR count). The van der Waals surface area contributed by atoms with E-state index in [4.69, 9.17) is 9.15 Å². The number of methoxy groups -OCH3 is 1. The van der Waals surface area contributed by atoms with Crippen molar-refractivity contribution >= 4 is 21.8 Å². The molecule has 94 valence electrons. The Kier molecular flexibility index (Phi) is 3.99. The first-order chi connectivity index (χ1) is 8.69. The van der Waals surface area contributed by atoms with E-state index in [1.807, 2.05) is 6.07 Å². The molecule has 0 radical (unpaired) electrons. The van der Waals surface area contributed by atoms with E-state index < -0.39 is 0 Å². The van der Waals surface area contributed by atoms with Crippen molar-refractivity contribution in [1.29, 1.82) is 0 Å². The Bertz CT molecular complexity index is 537. The lowest BCUT2D eigenvalue weighted by Crippen LogP contribution is -2.22. The van der Waals surface area contributed by atoms with Crippen LogP contribution in [0.4, 0.5) is 0 Å². The molecule has 6 heteroatoms. The van der Waals surface area contributed by atoms with E-state index in [0.29, 0.717) is 17.1 Å². The number of rotatable bonds is 4. The predicted molar refractivity (Wildman–Crippen MR) is 68.4 cm³/mol. The Morgan fingerprint density at radius 1 is 1.44 bits per heavy atom. The molecule has 0 aromatic carbocycles. The van der Waals surface area contributed by atoms with Gasteiger partial charge in [0.1, 0.15) is 0 Å². The molecule has 0 fully saturated rings. The molecule has 0 aliphatic heterocycles. The average Bonchev–Trinajstić information content (AvgIpc) is 2.83. The van der Waals surface area contributed by atoms with E-state index in [0.717, 1.165) is 5.56 Å². The molecule has 0 atom stereocenters. The Balaban J connectivity index is 1.92. The highest BCUT2D eigenvalue weighted by molar-refractivity contribution is 9.10. The van der Waals surface area contributed by atoms with E-state index >= 15 is 0 Å². The van der Waals surface area contributed by atoms with Crippen LogP contribution in [0, 0.1) is 0 Å². The molecule has 0 spiro atoms. The number of halogens is 1. The van der Waals surface area contributed by atoms with Crippen LogP contribution in [0.25, 0.3) is 0 Å². The van der Waals surface area contributed by atoms with Crippen LogP contribution in [-0.4, -0.2) is 18.0 Å². The molecule has 1 amide bonds. The van der Waals surface area contributed by atoms with Crippen LogP contribution in [0.1, 0.15) is 16.1 Å². The minimum Gasteiger partial charge on any atom is -0.481 e. The van der Waals surface area contributed by atoms with Crippen molar-refractivity contribution in [2.45, 2.75) is 6.54 Å². The van der Waals surface area contributed by atoms with Crippen molar-refractivity contribution in [2.75, 3.05) is 7.11 Å². The SMILES string of the molecule is COc1ccc(CNC(=O)c2ccc(Br)o2)cn1. The summed E-state index contributed by atoms with van der Waals surface area (Å²) in [5.41, 5.74) is 0.884. The van der Waals surface area contributed by atoms with Crippen LogP contribution < -0.4 is 10.1 Å². The van der Waals surface area contributed by atoms with Gasteiger partial charge in [0, 0.05) is 18.8 Å². The lowest BCUT2D eigenvalue weighted by Gasteiger charge is -2.04. The second-order valence-electron chi connectivity index (χ2n) is 3.50. The molecular weight excluding hydrogens is 300 g/mol. The van der Waals surface area contributed by atoms with E-state index in [-0.39, 0.29) is 11.7 Å². The number of hydrogen-bond donors (Lipinski definition) is 1. The van der Waals surface area contributed by atoms with Crippen molar-refractivity contribution in [3.8, 4) is 5.88 Å². The van der Waals surface area contributed by atoms with Gasteiger partial charge >= 0.3 is 0 Å². The second-order valence-corrected chi connectivity index (χ2v) is 4.28. The van der Waals surface area contributed by atoms with Crippen molar-refractivity contribution in [1.82, 2.24) is 10.3 Å². The largest absolute Gasteiger partial charge is 0.481 e. The van der Waals surface area contributed by atoms with Gasteiger partial charge in [-0.15, -0.1) is 0 Å². The number of pyridine rings is 1. The van der Waals surface area contributed by atoms with Crippen LogP contribution in [-0.2, 0) is 6.54 Å². The summed E-state index contributed by atoms with van der Waals surface area (Å²) in [4.78, 5) is 15.7. The summed E-state index contributed by atoms with van der Waals surface area (Å²) in [6.45, 7) is 0.383. The van der Waals surface area contributed by atoms with Crippen LogP contribution >= 0.6 is 15.9 Å². The molecule has 0 bridgehead atoms. The number of nitrogens with one attached hydrogen (secondary N) is 1. The highest BCUT2D eigenvalue weighted by Gasteiger charge is 2.09. The van der Waals surface area contributed by atoms with Crippen molar-refractivity contribution in [2.24, 2.45) is 0 Å². The third-order valence-corrected chi connectivity index (χ3v) is 2.68. The normalized spacial score (nSPS) is 10.1. The minimum atomic E-state index is -0.267. The lowest BCUT2D eigenvalue weighted by molar-refractivity contribution is 0.0922. The molecule has 5 nitrogen and oxygen atoms in total. The van der Waals surface area contributed by atoms with E-state index in [1.54, 1.807) is 31.5 Å². The number of amides is 1. The molecule has 0 aliphatic rings. The van der Waals surface area contributed by atoms with Gasteiger partial charge in [0.15, 0.2) is 10.4 Å². The summed E-state index contributed by atoms with van der Waals surface area (Å²) in [5, 5.41) is 2.73. The summed E-state index contributed by atoms with van der Waals surface area (Å²) < 4.78 is 10.6. The third-order valence-electron chi connectivity index (χ3n) is 2.26. The van der Waals surface area contributed by atoms with Gasteiger partial charge in [-0.3, -0.25) is 4.79 Å². The van der Waals surface area contributed by atoms with E-state index in [9.17, 15) is 4.79 Å². The second kappa shape index (κ2) is 5.68. The van der Waals surface area contributed by atoms with Crippen molar-refractivity contribution in [3.05, 3.63) is 46.5 Å². The fourth-order valence-electron chi connectivity index (χ4n) is 1.34. The molecular formula is C12H11BrN2O3. The summed E-state index contributed by atoms with van der Waals surface area (Å²) in [6, 6.07) is 6.85. The maximum Gasteiger partial charge on any atom is 0.287 e. The number of ether oxygens (including phenoxy) is 1. The van der Waals surface area contributed by atoms with Crippen LogP contribution in [0.3, 0.4) is 0 Å². The fraction of sp³-hybridized carbons (Fsp3) is 0.167. The van der Waals surface area contributed by atoms with Crippen molar-refractivity contribution < 1.29 is 13.9 Å². The molecule has 2 heterocycles. The molecule has 0 unspecified atom stereocenters. The number of nitrogens with zero attached hydrogens (tertiary/aromatic N) is 1. The highest BCUT2D eigenvalue weighted by Crippen LogP contribution is 2.14. The lowest BCUT2D eigenvalue weighted by atomic mass is 10.3. The first kappa shape index (κ1) is 12.6. The van der Waals surface area contributed by atoms with Crippen LogP contribution in [0.15, 0.2) is 39.5 Å². The number of aromatic nitrogens is 1. The van der Waals surface area contributed by atoms with E-state index in [2.05, 4.69) is 26.2 Å². The zero-order chi connectivity index (χ0) is 13.0. The number of carbonyl (C=O) groups is 1. The Labute approximate surface area is 112 Å². The van der Waals surface area contributed by atoms with Gasteiger partial charge in [0.2, 0.25) is 5.88 Å². The summed E-state index contributed by atoms with van der Waals surface area (Å²) in [7, 11) is 1.55. The first-order valence-corrected chi connectivity index (χ1v) is 6.01. The zero-order valence-electron chi connectivity index (χ0n) is 9.64. The Morgan fingerprint density at radius 3 is 2.83 bits per heavy atom. The Morgan fingerprint density at radius 2 is 2.28 bits per heavy atom. The Hall–Kier alpha value is -1.82. The van der Waals surface area contributed by atoms with Crippen LogP contribution in [0.5, 0.6) is 5.88 Å². The molecule has 1 N–H and O–H groups in total. The predicted octanol–water partition coefficient (Wildman–Crippen LogP) is 2.38. The molecule has 0 saturated carbocycles. The standard InChI is InChI=1S/C12H11BrN2O3/c1-17-11-5-2-8(6-14-11)7-15-12(16)9-3-4-10(13)18-9/h2-6H,7H2,1H3,(H,15,16). The summed E-state index contributed by atoms with van der Waals surface area (Å²) in [5.74, 6) is 0.542. The van der Waals surface area contributed by atoms with Gasteiger partial charge < -0.3 is 14.5 Å². The van der Waals surface area contributed by atoms with Gasteiger partial charge in [-0.1, -0.05) is 6.07 Å². The molecule has 2 aromatic heterocycles. The molecule has 0 aliphatic carbocycles. The number of carbonyl (C=O) groups excluding carboxylic acids is 1. The van der Waals surface area contributed by atoms with Gasteiger partial charge in [0.25, 0.3) is 5.91 Å². The van der Waals surface area contributed by atoms with Crippen LogP contribution in [0.2, 0.25) is 0 Å². The first-order valence-electron chi connectivity index (χ1n) is 5.21. The van der Waals surface area contributed by atoms with Gasteiger partial charge in [-0.25, -0.2) is 4.98 Å². The topological polar surface area (TPSA) is 64.4 Å². The monoisotopic (exact) mass is 310 g/mol. The minimum absolute atomic E-state index is 0.267. The van der Waals surface area contributed by atoms with Gasteiger partial charge in [-0.05, 0) is 33.6 Å². The summed E-state index contributed by atoms with van der Waals surface area (Å²) in [6.07, 6.45) is 1.65. The molecule has 2 aromatic rings. The zero-order valence-corrected chi connectivity index (χ0v) is 11.2. The average molecular weight is 311 g/mol. The van der Waals surface area contributed by atoms with Gasteiger partial charge in [0.05, 0.1) is 7.11 Å².